The summed E-state index contributed by atoms with van der Waals surface area (Å²) in [7, 11) is 1.44. The molecule has 1 fully saturated rings. The number of ether oxygens (including phenoxy) is 2. The lowest BCUT2D eigenvalue weighted by Gasteiger charge is -2.24. The zero-order valence-electron chi connectivity index (χ0n) is 9.66. The summed E-state index contributed by atoms with van der Waals surface area (Å²) in [6.45, 7) is 2.86. The number of hydrogen-bond donors (Lipinski definition) is 3. The monoisotopic (exact) mass is 240 g/mol. The van der Waals surface area contributed by atoms with Gasteiger partial charge < -0.3 is 25.1 Å². The Morgan fingerprint density at radius 1 is 1.71 bits per heavy atom. The molecule has 1 atom stereocenters. The Bertz CT molecular complexity index is 414. The second-order valence-corrected chi connectivity index (χ2v) is 3.72. The van der Waals surface area contributed by atoms with E-state index < -0.39 is 0 Å². The topological polar surface area (TPSA) is 88.3 Å². The predicted octanol–water partition coefficient (Wildman–Crippen LogP) is -0.821. The van der Waals surface area contributed by atoms with Crippen molar-refractivity contribution in [1.29, 1.82) is 0 Å². The van der Waals surface area contributed by atoms with E-state index in [0.29, 0.717) is 19.0 Å². The summed E-state index contributed by atoms with van der Waals surface area (Å²) in [5.41, 5.74) is -0.294. The highest BCUT2D eigenvalue weighted by Gasteiger charge is 2.14. The summed E-state index contributed by atoms with van der Waals surface area (Å²) in [6, 6.07) is 0.217. The van der Waals surface area contributed by atoms with Crippen LogP contribution in [0.3, 0.4) is 0 Å². The van der Waals surface area contributed by atoms with Gasteiger partial charge in [0.25, 0.3) is 5.56 Å². The number of aromatic nitrogens is 2. The van der Waals surface area contributed by atoms with E-state index in [4.69, 9.17) is 9.47 Å². The normalized spacial score (nSPS) is 19.9. The van der Waals surface area contributed by atoms with Crippen LogP contribution in [0, 0.1) is 0 Å². The molecular weight excluding hydrogens is 224 g/mol. The molecule has 2 rings (SSSR count). The van der Waals surface area contributed by atoms with Crippen LogP contribution in [-0.4, -0.2) is 49.4 Å². The molecule has 0 aromatic carbocycles. The Hall–Kier alpha value is -1.60. The average molecular weight is 240 g/mol. The van der Waals surface area contributed by atoms with Crippen LogP contribution in [0.2, 0.25) is 0 Å². The smallest absolute Gasteiger partial charge is 0.295 e. The number of aromatic amines is 1. The molecule has 1 aliphatic heterocycles. The number of methoxy groups -OCH3 is 1. The van der Waals surface area contributed by atoms with E-state index in [0.717, 1.165) is 13.2 Å². The summed E-state index contributed by atoms with van der Waals surface area (Å²) in [5.74, 6) is 0.646. The summed E-state index contributed by atoms with van der Waals surface area (Å²) in [5, 5.41) is 6.38. The van der Waals surface area contributed by atoms with Crippen molar-refractivity contribution in [2.45, 2.75) is 6.04 Å². The van der Waals surface area contributed by atoms with Crippen molar-refractivity contribution in [2.24, 2.45) is 0 Å². The number of H-pyrrole nitrogens is 1. The molecule has 0 saturated carbocycles. The molecule has 1 aliphatic rings. The van der Waals surface area contributed by atoms with E-state index >= 15 is 0 Å². The van der Waals surface area contributed by atoms with Crippen molar-refractivity contribution in [2.75, 3.05) is 38.7 Å². The second-order valence-electron chi connectivity index (χ2n) is 3.72. The van der Waals surface area contributed by atoms with E-state index in [1.165, 1.54) is 13.4 Å². The molecule has 0 bridgehead atoms. The number of rotatable bonds is 4. The largest absolute Gasteiger partial charge is 0.489 e. The summed E-state index contributed by atoms with van der Waals surface area (Å²) >= 11 is 0. The van der Waals surface area contributed by atoms with E-state index in [1.54, 1.807) is 0 Å². The van der Waals surface area contributed by atoms with Gasteiger partial charge in [0.15, 0.2) is 5.82 Å². The van der Waals surface area contributed by atoms with Gasteiger partial charge in [-0.05, 0) is 0 Å². The SMILES string of the molecule is COc1c(NCC2COCCN2)nc[nH]c1=O. The molecule has 94 valence electrons. The molecule has 1 saturated heterocycles. The Balaban J connectivity index is 1.98. The van der Waals surface area contributed by atoms with Crippen LogP contribution in [0.4, 0.5) is 5.82 Å². The molecule has 1 aromatic heterocycles. The van der Waals surface area contributed by atoms with Gasteiger partial charge in [0.1, 0.15) is 0 Å². The maximum Gasteiger partial charge on any atom is 0.295 e. The van der Waals surface area contributed by atoms with E-state index in [-0.39, 0.29) is 17.4 Å². The van der Waals surface area contributed by atoms with Crippen LogP contribution in [0.25, 0.3) is 0 Å². The molecule has 0 aliphatic carbocycles. The molecule has 0 amide bonds. The van der Waals surface area contributed by atoms with Crippen molar-refractivity contribution in [3.8, 4) is 5.75 Å². The first-order valence-corrected chi connectivity index (χ1v) is 5.48. The minimum Gasteiger partial charge on any atom is -0.489 e. The number of morpholine rings is 1. The standard InChI is InChI=1S/C10H16N4O3/c1-16-8-9(13-6-14-10(8)15)12-4-7-5-17-3-2-11-7/h6-7,11H,2-5H2,1H3,(H2,12,13,14,15). The maximum atomic E-state index is 11.4. The number of nitrogens with one attached hydrogen (secondary N) is 3. The first-order chi connectivity index (χ1) is 8.31. The fourth-order valence-corrected chi connectivity index (χ4v) is 1.67. The fourth-order valence-electron chi connectivity index (χ4n) is 1.67. The summed E-state index contributed by atoms with van der Waals surface area (Å²) in [4.78, 5) is 17.9. The zero-order chi connectivity index (χ0) is 12.1. The third-order valence-corrected chi connectivity index (χ3v) is 2.53. The van der Waals surface area contributed by atoms with Crippen LogP contribution in [0.15, 0.2) is 11.1 Å². The Morgan fingerprint density at radius 3 is 3.29 bits per heavy atom. The van der Waals surface area contributed by atoms with Gasteiger partial charge in [-0.25, -0.2) is 4.98 Å². The maximum absolute atomic E-state index is 11.4. The lowest BCUT2D eigenvalue weighted by Crippen LogP contribution is -2.45. The molecule has 0 radical (unpaired) electrons. The first-order valence-electron chi connectivity index (χ1n) is 5.48. The lowest BCUT2D eigenvalue weighted by molar-refractivity contribution is 0.0806. The third kappa shape index (κ3) is 2.95. The van der Waals surface area contributed by atoms with Crippen LogP contribution in [0.5, 0.6) is 5.75 Å². The third-order valence-electron chi connectivity index (χ3n) is 2.53. The highest BCUT2D eigenvalue weighted by molar-refractivity contribution is 5.47. The Kier molecular flexibility index (Phi) is 3.94. The van der Waals surface area contributed by atoms with Crippen LogP contribution < -0.4 is 20.9 Å². The van der Waals surface area contributed by atoms with E-state index in [2.05, 4.69) is 20.6 Å². The van der Waals surface area contributed by atoms with Gasteiger partial charge in [0, 0.05) is 19.1 Å². The number of hydrogen-bond acceptors (Lipinski definition) is 6. The average Bonchev–Trinajstić information content (AvgIpc) is 2.37. The predicted molar refractivity (Wildman–Crippen MR) is 62.5 cm³/mol. The van der Waals surface area contributed by atoms with Gasteiger partial charge in [-0.15, -0.1) is 0 Å². The highest BCUT2D eigenvalue weighted by Crippen LogP contribution is 2.13. The molecular formula is C10H16N4O3. The van der Waals surface area contributed by atoms with Crippen LogP contribution >= 0.6 is 0 Å². The Morgan fingerprint density at radius 2 is 2.59 bits per heavy atom. The zero-order valence-corrected chi connectivity index (χ0v) is 9.66. The van der Waals surface area contributed by atoms with Gasteiger partial charge in [-0.3, -0.25) is 4.79 Å². The number of anilines is 1. The molecule has 7 heteroatoms. The van der Waals surface area contributed by atoms with Gasteiger partial charge in [0.2, 0.25) is 5.75 Å². The quantitative estimate of drug-likeness (QED) is 0.637. The van der Waals surface area contributed by atoms with Crippen LogP contribution in [-0.2, 0) is 4.74 Å². The minimum absolute atomic E-state index is 0.198. The minimum atomic E-state index is -0.294. The van der Waals surface area contributed by atoms with Gasteiger partial charge in [-0.2, -0.15) is 0 Å². The molecule has 0 spiro atoms. The number of nitrogens with zero attached hydrogens (tertiary/aromatic N) is 1. The van der Waals surface area contributed by atoms with Crippen molar-refractivity contribution < 1.29 is 9.47 Å². The van der Waals surface area contributed by atoms with Gasteiger partial charge in [0.05, 0.1) is 26.7 Å². The van der Waals surface area contributed by atoms with Gasteiger partial charge >= 0.3 is 0 Å². The Labute approximate surface area is 98.5 Å². The lowest BCUT2D eigenvalue weighted by atomic mass is 10.3. The molecule has 1 aromatic rings. The van der Waals surface area contributed by atoms with Crippen molar-refractivity contribution >= 4 is 5.82 Å². The molecule has 2 heterocycles. The van der Waals surface area contributed by atoms with Crippen LogP contribution in [0.1, 0.15) is 0 Å². The fraction of sp³-hybridized carbons (Fsp3) is 0.600. The molecule has 17 heavy (non-hydrogen) atoms. The molecule has 7 nitrogen and oxygen atoms in total. The first kappa shape index (κ1) is 11.9. The van der Waals surface area contributed by atoms with Crippen molar-refractivity contribution in [1.82, 2.24) is 15.3 Å². The second kappa shape index (κ2) is 5.65. The molecule has 3 N–H and O–H groups in total. The van der Waals surface area contributed by atoms with Gasteiger partial charge in [-0.1, -0.05) is 0 Å². The van der Waals surface area contributed by atoms with E-state index in [1.807, 2.05) is 0 Å². The van der Waals surface area contributed by atoms with Crippen molar-refractivity contribution in [3.05, 3.63) is 16.7 Å². The summed E-state index contributed by atoms with van der Waals surface area (Å²) in [6.07, 6.45) is 1.35. The van der Waals surface area contributed by atoms with Crippen molar-refractivity contribution in [3.63, 3.8) is 0 Å². The summed E-state index contributed by atoms with van der Waals surface area (Å²) < 4.78 is 10.3. The van der Waals surface area contributed by atoms with E-state index in [9.17, 15) is 4.79 Å². The highest BCUT2D eigenvalue weighted by atomic mass is 16.5. The molecule has 1 unspecified atom stereocenters.